The third kappa shape index (κ3) is 3.54. The molecule has 2 rings (SSSR count). The molecule has 2 N–H and O–H groups in total. The van der Waals surface area contributed by atoms with Crippen LogP contribution in [0.15, 0.2) is 18.6 Å². The average molecular weight is 294 g/mol. The summed E-state index contributed by atoms with van der Waals surface area (Å²) in [5, 5.41) is 3.03. The first-order chi connectivity index (χ1) is 9.58. The van der Waals surface area contributed by atoms with Crippen molar-refractivity contribution in [2.45, 2.75) is 26.2 Å². The Bertz CT molecular complexity index is 582. The van der Waals surface area contributed by atoms with Gasteiger partial charge in [-0.25, -0.2) is 15.0 Å². The van der Waals surface area contributed by atoms with E-state index in [-0.39, 0.29) is 22.5 Å². The maximum absolute atomic E-state index is 12.1. The second kappa shape index (κ2) is 6.47. The molecule has 0 fully saturated rings. The SMILES string of the molecule is CC(C)c1ncc(Cl)c(C(=O)NCCc2ncc[nH]2)n1. The first-order valence-electron chi connectivity index (χ1n) is 6.37. The molecular weight excluding hydrogens is 278 g/mol. The fourth-order valence-electron chi connectivity index (χ4n) is 1.63. The van der Waals surface area contributed by atoms with E-state index in [1.165, 1.54) is 6.20 Å². The summed E-state index contributed by atoms with van der Waals surface area (Å²) in [6, 6.07) is 0. The van der Waals surface area contributed by atoms with Crippen molar-refractivity contribution >= 4 is 17.5 Å². The Kier molecular flexibility index (Phi) is 4.68. The lowest BCUT2D eigenvalue weighted by atomic mass is 10.2. The number of hydrogen-bond donors (Lipinski definition) is 2. The zero-order valence-electron chi connectivity index (χ0n) is 11.4. The van der Waals surface area contributed by atoms with Crippen LogP contribution in [0, 0.1) is 0 Å². The zero-order valence-corrected chi connectivity index (χ0v) is 12.1. The molecule has 2 aromatic rings. The van der Waals surface area contributed by atoms with E-state index in [9.17, 15) is 4.79 Å². The van der Waals surface area contributed by atoms with Gasteiger partial charge in [0.2, 0.25) is 0 Å². The van der Waals surface area contributed by atoms with Gasteiger partial charge in [0.25, 0.3) is 5.91 Å². The summed E-state index contributed by atoms with van der Waals surface area (Å²) < 4.78 is 0. The van der Waals surface area contributed by atoms with E-state index in [4.69, 9.17) is 11.6 Å². The Hall–Kier alpha value is -1.95. The van der Waals surface area contributed by atoms with Gasteiger partial charge in [-0.05, 0) is 0 Å². The van der Waals surface area contributed by atoms with E-state index >= 15 is 0 Å². The molecule has 7 heteroatoms. The summed E-state index contributed by atoms with van der Waals surface area (Å²) in [7, 11) is 0. The normalized spacial score (nSPS) is 10.8. The van der Waals surface area contributed by atoms with Gasteiger partial charge in [-0.15, -0.1) is 0 Å². The van der Waals surface area contributed by atoms with Gasteiger partial charge in [0, 0.05) is 31.3 Å². The number of rotatable bonds is 5. The van der Waals surface area contributed by atoms with Gasteiger partial charge >= 0.3 is 0 Å². The van der Waals surface area contributed by atoms with Gasteiger partial charge < -0.3 is 10.3 Å². The molecule has 6 nitrogen and oxygen atoms in total. The molecule has 2 heterocycles. The topological polar surface area (TPSA) is 83.6 Å². The van der Waals surface area contributed by atoms with Crippen LogP contribution in [0.25, 0.3) is 0 Å². The smallest absolute Gasteiger partial charge is 0.271 e. The molecule has 20 heavy (non-hydrogen) atoms. The summed E-state index contributed by atoms with van der Waals surface area (Å²) in [5.74, 6) is 1.26. The number of imidazole rings is 1. The third-order valence-corrected chi connectivity index (χ3v) is 2.97. The minimum Gasteiger partial charge on any atom is -0.350 e. The lowest BCUT2D eigenvalue weighted by molar-refractivity contribution is 0.0948. The Morgan fingerprint density at radius 1 is 1.45 bits per heavy atom. The van der Waals surface area contributed by atoms with Crippen molar-refractivity contribution in [2.24, 2.45) is 0 Å². The van der Waals surface area contributed by atoms with E-state index < -0.39 is 0 Å². The van der Waals surface area contributed by atoms with Crippen LogP contribution in [-0.2, 0) is 6.42 Å². The summed E-state index contributed by atoms with van der Waals surface area (Å²) in [6.45, 7) is 4.38. The van der Waals surface area contributed by atoms with Crippen LogP contribution in [0.2, 0.25) is 5.02 Å². The molecule has 0 aliphatic heterocycles. The number of nitrogens with one attached hydrogen (secondary N) is 2. The fraction of sp³-hybridized carbons (Fsp3) is 0.385. The molecular formula is C13H16ClN5O. The predicted molar refractivity (Wildman–Crippen MR) is 75.8 cm³/mol. The van der Waals surface area contributed by atoms with Crippen LogP contribution in [0.5, 0.6) is 0 Å². The lowest BCUT2D eigenvalue weighted by Crippen LogP contribution is -2.27. The quantitative estimate of drug-likeness (QED) is 0.882. The van der Waals surface area contributed by atoms with Crippen LogP contribution >= 0.6 is 11.6 Å². The first kappa shape index (κ1) is 14.5. The maximum atomic E-state index is 12.1. The highest BCUT2D eigenvalue weighted by Crippen LogP contribution is 2.16. The number of halogens is 1. The first-order valence-corrected chi connectivity index (χ1v) is 6.74. The van der Waals surface area contributed by atoms with Crippen LogP contribution in [-0.4, -0.2) is 32.4 Å². The monoisotopic (exact) mass is 293 g/mol. The van der Waals surface area contributed by atoms with E-state index in [0.717, 1.165) is 5.82 Å². The van der Waals surface area contributed by atoms with E-state index in [0.29, 0.717) is 18.8 Å². The van der Waals surface area contributed by atoms with Crippen LogP contribution < -0.4 is 5.32 Å². The highest BCUT2D eigenvalue weighted by atomic mass is 35.5. The minimum atomic E-state index is -0.300. The minimum absolute atomic E-state index is 0.141. The van der Waals surface area contributed by atoms with Gasteiger partial charge in [-0.3, -0.25) is 4.79 Å². The predicted octanol–water partition coefficient (Wildman–Crippen LogP) is 1.95. The number of amides is 1. The van der Waals surface area contributed by atoms with Gasteiger partial charge in [0.15, 0.2) is 0 Å². The van der Waals surface area contributed by atoms with Gasteiger partial charge in [0.1, 0.15) is 17.3 Å². The molecule has 0 aliphatic rings. The molecule has 0 unspecified atom stereocenters. The Labute approximate surface area is 122 Å². The molecule has 0 atom stereocenters. The number of carbonyl (C=O) groups is 1. The zero-order chi connectivity index (χ0) is 14.5. The van der Waals surface area contributed by atoms with Crippen molar-refractivity contribution in [1.82, 2.24) is 25.3 Å². The van der Waals surface area contributed by atoms with Crippen molar-refractivity contribution in [3.8, 4) is 0 Å². The largest absolute Gasteiger partial charge is 0.350 e. The number of H-pyrrole nitrogens is 1. The van der Waals surface area contributed by atoms with Crippen molar-refractivity contribution in [1.29, 1.82) is 0 Å². The summed E-state index contributed by atoms with van der Waals surface area (Å²) in [4.78, 5) is 27.4. The van der Waals surface area contributed by atoms with Crippen molar-refractivity contribution < 1.29 is 4.79 Å². The highest BCUT2D eigenvalue weighted by Gasteiger charge is 2.15. The molecule has 0 aliphatic carbocycles. The number of aromatic amines is 1. The molecule has 106 valence electrons. The molecule has 0 radical (unpaired) electrons. The van der Waals surface area contributed by atoms with E-state index in [1.54, 1.807) is 12.4 Å². The summed E-state index contributed by atoms with van der Waals surface area (Å²) >= 11 is 5.97. The molecule has 0 saturated carbocycles. The summed E-state index contributed by atoms with van der Waals surface area (Å²) in [6.07, 6.45) is 5.50. The van der Waals surface area contributed by atoms with Gasteiger partial charge in [-0.2, -0.15) is 0 Å². The van der Waals surface area contributed by atoms with Crippen LogP contribution in [0.4, 0.5) is 0 Å². The second-order valence-corrected chi connectivity index (χ2v) is 5.03. The van der Waals surface area contributed by atoms with Crippen molar-refractivity contribution in [2.75, 3.05) is 6.54 Å². The lowest BCUT2D eigenvalue weighted by Gasteiger charge is -2.08. The second-order valence-electron chi connectivity index (χ2n) is 4.62. The average Bonchev–Trinajstić information content (AvgIpc) is 2.92. The number of aromatic nitrogens is 4. The Balaban J connectivity index is 1.99. The maximum Gasteiger partial charge on any atom is 0.271 e. The molecule has 0 saturated heterocycles. The Morgan fingerprint density at radius 2 is 2.25 bits per heavy atom. The summed E-state index contributed by atoms with van der Waals surface area (Å²) in [5.41, 5.74) is 0.213. The van der Waals surface area contributed by atoms with E-state index in [2.05, 4.69) is 25.3 Å². The van der Waals surface area contributed by atoms with Crippen molar-refractivity contribution in [3.05, 3.63) is 41.0 Å². The van der Waals surface area contributed by atoms with Crippen molar-refractivity contribution in [3.63, 3.8) is 0 Å². The van der Waals surface area contributed by atoms with Crippen LogP contribution in [0.1, 0.15) is 41.9 Å². The third-order valence-electron chi connectivity index (χ3n) is 2.70. The molecule has 2 aromatic heterocycles. The van der Waals surface area contributed by atoms with Gasteiger partial charge in [0.05, 0.1) is 11.2 Å². The molecule has 1 amide bonds. The number of hydrogen-bond acceptors (Lipinski definition) is 4. The van der Waals surface area contributed by atoms with E-state index in [1.807, 2.05) is 13.8 Å². The molecule has 0 spiro atoms. The fourth-order valence-corrected chi connectivity index (χ4v) is 1.81. The molecule has 0 bridgehead atoms. The van der Waals surface area contributed by atoms with Crippen LogP contribution in [0.3, 0.4) is 0 Å². The highest BCUT2D eigenvalue weighted by molar-refractivity contribution is 6.33. The van der Waals surface area contributed by atoms with Gasteiger partial charge in [-0.1, -0.05) is 25.4 Å². The standard InChI is InChI=1S/C13H16ClN5O/c1-8(2)12-18-7-9(14)11(19-12)13(20)17-4-3-10-15-5-6-16-10/h5-8H,3-4H2,1-2H3,(H,15,16)(H,17,20). The number of nitrogens with zero attached hydrogens (tertiary/aromatic N) is 3. The Morgan fingerprint density at radius 3 is 2.90 bits per heavy atom. The number of carbonyl (C=O) groups excluding carboxylic acids is 1. The molecule has 0 aromatic carbocycles.